The van der Waals surface area contributed by atoms with Gasteiger partial charge < -0.3 is 15.5 Å². The van der Waals surface area contributed by atoms with Gasteiger partial charge in [0.05, 0.1) is 10.0 Å². The number of carbonyl (C=O) groups is 2. The molecule has 4 atom stereocenters. The van der Waals surface area contributed by atoms with Gasteiger partial charge in [-0.1, -0.05) is 49.0 Å². The lowest BCUT2D eigenvalue weighted by Gasteiger charge is -2.35. The number of benzene rings is 1. The summed E-state index contributed by atoms with van der Waals surface area (Å²) in [5.74, 6) is -0.238. The predicted molar refractivity (Wildman–Crippen MR) is 111 cm³/mol. The van der Waals surface area contributed by atoms with E-state index < -0.39 is 11.9 Å². The second kappa shape index (κ2) is 10.8. The van der Waals surface area contributed by atoms with Gasteiger partial charge in [-0.3, -0.25) is 0 Å². The number of hydrogen-bond acceptors (Lipinski definition) is 3. The number of halogens is 2. The Bertz CT molecular complexity index is 706. The number of carboxylic acids is 2. The molecule has 154 valence electrons. The minimum Gasteiger partial charge on any atom is -0.478 e. The van der Waals surface area contributed by atoms with Crippen LogP contribution in [0.2, 0.25) is 10.0 Å². The fourth-order valence-corrected chi connectivity index (χ4v) is 4.77. The number of rotatable bonds is 5. The van der Waals surface area contributed by atoms with Crippen molar-refractivity contribution in [1.82, 2.24) is 5.32 Å². The van der Waals surface area contributed by atoms with Gasteiger partial charge in [0.15, 0.2) is 0 Å². The smallest absolute Gasteiger partial charge is 0.328 e. The van der Waals surface area contributed by atoms with Crippen molar-refractivity contribution in [2.24, 2.45) is 11.8 Å². The normalized spacial score (nSPS) is 26.4. The summed E-state index contributed by atoms with van der Waals surface area (Å²) in [5, 5.41) is 20.8. The fourth-order valence-electron chi connectivity index (χ4n) is 4.46. The number of aliphatic carboxylic acids is 2. The molecule has 1 aromatic rings. The highest BCUT2D eigenvalue weighted by Gasteiger charge is 2.42. The SMILES string of the molecule is CCCC1NC[C@H]2[C@@H](c3ccc(Cl)c(Cl)c3)CCC[C@@H]12.O=C(O)/C=C/C(=O)O. The maximum Gasteiger partial charge on any atom is 0.328 e. The van der Waals surface area contributed by atoms with Crippen LogP contribution in [0.1, 0.15) is 50.5 Å². The van der Waals surface area contributed by atoms with Crippen molar-refractivity contribution in [2.75, 3.05) is 6.54 Å². The van der Waals surface area contributed by atoms with E-state index in [0.29, 0.717) is 28.1 Å². The van der Waals surface area contributed by atoms with Crippen molar-refractivity contribution in [2.45, 2.75) is 51.0 Å². The van der Waals surface area contributed by atoms with Crippen LogP contribution in [-0.4, -0.2) is 34.7 Å². The van der Waals surface area contributed by atoms with E-state index in [1.54, 1.807) is 0 Å². The Morgan fingerprint density at radius 2 is 1.79 bits per heavy atom. The Balaban J connectivity index is 0.000000300. The third-order valence-electron chi connectivity index (χ3n) is 5.59. The van der Waals surface area contributed by atoms with E-state index in [-0.39, 0.29) is 0 Å². The van der Waals surface area contributed by atoms with Crippen LogP contribution in [0, 0.1) is 11.8 Å². The van der Waals surface area contributed by atoms with E-state index in [4.69, 9.17) is 33.4 Å². The molecule has 1 aromatic carbocycles. The first-order valence-corrected chi connectivity index (χ1v) is 10.4. The molecule has 7 heteroatoms. The zero-order valence-corrected chi connectivity index (χ0v) is 17.4. The van der Waals surface area contributed by atoms with Gasteiger partial charge in [-0.25, -0.2) is 9.59 Å². The number of nitrogens with one attached hydrogen (secondary N) is 1. The van der Waals surface area contributed by atoms with E-state index in [1.165, 1.54) is 44.2 Å². The molecule has 2 fully saturated rings. The molecule has 0 spiro atoms. The maximum absolute atomic E-state index is 9.55. The van der Waals surface area contributed by atoms with E-state index in [0.717, 1.165) is 17.9 Å². The van der Waals surface area contributed by atoms with Crippen molar-refractivity contribution in [3.05, 3.63) is 46.0 Å². The highest BCUT2D eigenvalue weighted by atomic mass is 35.5. The van der Waals surface area contributed by atoms with Gasteiger partial charge in [0.25, 0.3) is 0 Å². The summed E-state index contributed by atoms with van der Waals surface area (Å²) in [4.78, 5) is 19.1. The predicted octanol–water partition coefficient (Wildman–Crippen LogP) is 4.98. The molecule has 0 aromatic heterocycles. The summed E-state index contributed by atoms with van der Waals surface area (Å²) >= 11 is 12.3. The summed E-state index contributed by atoms with van der Waals surface area (Å²) in [7, 11) is 0. The first-order chi connectivity index (χ1) is 13.3. The van der Waals surface area contributed by atoms with Crippen LogP contribution >= 0.6 is 23.2 Å². The second-order valence-corrected chi connectivity index (χ2v) is 8.17. The molecule has 3 rings (SSSR count). The van der Waals surface area contributed by atoms with Crippen molar-refractivity contribution in [1.29, 1.82) is 0 Å². The summed E-state index contributed by atoms with van der Waals surface area (Å²) in [6.07, 6.45) is 7.73. The second-order valence-electron chi connectivity index (χ2n) is 7.35. The average molecular weight is 428 g/mol. The Labute approximate surface area is 175 Å². The van der Waals surface area contributed by atoms with Gasteiger partial charge in [-0.05, 0) is 61.3 Å². The molecule has 1 heterocycles. The number of carboxylic acid groups (broad SMARTS) is 2. The van der Waals surface area contributed by atoms with Crippen LogP contribution < -0.4 is 5.32 Å². The molecule has 0 bridgehead atoms. The average Bonchev–Trinajstić information content (AvgIpc) is 3.06. The van der Waals surface area contributed by atoms with Gasteiger partial charge in [0.1, 0.15) is 0 Å². The molecule has 1 saturated carbocycles. The molecule has 1 unspecified atom stereocenters. The Morgan fingerprint density at radius 1 is 1.11 bits per heavy atom. The molecule has 0 amide bonds. The maximum atomic E-state index is 9.55. The Morgan fingerprint density at radius 3 is 2.36 bits per heavy atom. The fraction of sp³-hybridized carbons (Fsp3) is 0.524. The van der Waals surface area contributed by atoms with E-state index in [2.05, 4.69) is 24.4 Å². The molecule has 5 nitrogen and oxygen atoms in total. The van der Waals surface area contributed by atoms with Gasteiger partial charge >= 0.3 is 11.9 Å². The summed E-state index contributed by atoms with van der Waals surface area (Å²) in [6, 6.07) is 6.95. The van der Waals surface area contributed by atoms with Crippen LogP contribution in [0.15, 0.2) is 30.4 Å². The lowest BCUT2D eigenvalue weighted by molar-refractivity contribution is -0.134. The minimum absolute atomic E-state index is 0.558. The molecule has 2 aliphatic rings. The van der Waals surface area contributed by atoms with Crippen molar-refractivity contribution in [3.8, 4) is 0 Å². The number of fused-ring (bicyclic) bond motifs is 1. The highest BCUT2D eigenvalue weighted by Crippen LogP contribution is 2.46. The summed E-state index contributed by atoms with van der Waals surface area (Å²) in [6.45, 7) is 3.45. The van der Waals surface area contributed by atoms with Gasteiger partial charge in [0, 0.05) is 18.2 Å². The van der Waals surface area contributed by atoms with E-state index in [1.807, 2.05) is 6.07 Å². The molecule has 1 aliphatic heterocycles. The van der Waals surface area contributed by atoms with Crippen molar-refractivity contribution < 1.29 is 19.8 Å². The highest BCUT2D eigenvalue weighted by molar-refractivity contribution is 6.42. The van der Waals surface area contributed by atoms with Crippen molar-refractivity contribution >= 4 is 35.1 Å². The van der Waals surface area contributed by atoms with Crippen LogP contribution in [0.3, 0.4) is 0 Å². The minimum atomic E-state index is -1.26. The lowest BCUT2D eigenvalue weighted by Crippen LogP contribution is -2.30. The van der Waals surface area contributed by atoms with Crippen molar-refractivity contribution in [3.63, 3.8) is 0 Å². The number of hydrogen-bond donors (Lipinski definition) is 3. The third kappa shape index (κ3) is 6.23. The summed E-state index contributed by atoms with van der Waals surface area (Å²) < 4.78 is 0. The van der Waals surface area contributed by atoms with Crippen LogP contribution in [0.5, 0.6) is 0 Å². The van der Waals surface area contributed by atoms with E-state index in [9.17, 15) is 9.59 Å². The largest absolute Gasteiger partial charge is 0.478 e. The first kappa shape index (κ1) is 22.7. The molecule has 1 aliphatic carbocycles. The van der Waals surface area contributed by atoms with Crippen LogP contribution in [-0.2, 0) is 9.59 Å². The molecule has 0 radical (unpaired) electrons. The zero-order valence-electron chi connectivity index (χ0n) is 15.9. The first-order valence-electron chi connectivity index (χ1n) is 9.65. The van der Waals surface area contributed by atoms with Crippen LogP contribution in [0.4, 0.5) is 0 Å². The third-order valence-corrected chi connectivity index (χ3v) is 6.33. The molecule has 3 N–H and O–H groups in total. The Hall–Kier alpha value is -1.56. The van der Waals surface area contributed by atoms with Gasteiger partial charge in [-0.15, -0.1) is 0 Å². The monoisotopic (exact) mass is 427 g/mol. The standard InChI is InChI=1S/C17H23Cl2N.C4H4O4/c1-2-4-17-13-6-3-5-12(14(13)10-20-17)11-7-8-15(18)16(19)9-11;5-3(6)1-2-4(7)8/h7-9,12-14,17,20H,2-6,10H2,1H3;1-2H,(H,5,6)(H,7,8)/b;2-1+/t12-,13-,14+,17?;/m1./s1. The molecule has 28 heavy (non-hydrogen) atoms. The lowest BCUT2D eigenvalue weighted by atomic mass is 9.69. The summed E-state index contributed by atoms with van der Waals surface area (Å²) in [5.41, 5.74) is 1.38. The van der Waals surface area contributed by atoms with Gasteiger partial charge in [-0.2, -0.15) is 0 Å². The molecular formula is C21H27Cl2NO4. The Kier molecular flexibility index (Phi) is 8.80. The van der Waals surface area contributed by atoms with Gasteiger partial charge in [0.2, 0.25) is 0 Å². The zero-order chi connectivity index (χ0) is 20.7. The molecular weight excluding hydrogens is 401 g/mol. The van der Waals surface area contributed by atoms with E-state index >= 15 is 0 Å². The molecule has 1 saturated heterocycles. The topological polar surface area (TPSA) is 86.6 Å². The van der Waals surface area contributed by atoms with Crippen LogP contribution in [0.25, 0.3) is 0 Å². The quantitative estimate of drug-likeness (QED) is 0.576.